The molecule has 0 aliphatic carbocycles. The number of hydrogen-bond acceptors (Lipinski definition) is 5. The number of hydrogen-bond donors (Lipinski definition) is 1. The van der Waals surface area contributed by atoms with Crippen LogP contribution in [0.25, 0.3) is 0 Å². The first-order chi connectivity index (χ1) is 14.6. The smallest absolute Gasteiger partial charge is 0.251 e. The average molecular weight is 408 g/mol. The van der Waals surface area contributed by atoms with Gasteiger partial charge in [-0.05, 0) is 69.1 Å². The van der Waals surface area contributed by atoms with Gasteiger partial charge in [0.15, 0.2) is 17.6 Å². The molecule has 1 N–H and O–H groups in total. The molecule has 2 aromatic carbocycles. The highest BCUT2D eigenvalue weighted by Gasteiger charge is 2.35. The number of amides is 1. The van der Waals surface area contributed by atoms with Crippen molar-refractivity contribution in [1.29, 1.82) is 0 Å². The van der Waals surface area contributed by atoms with E-state index in [0.717, 1.165) is 25.4 Å². The predicted molar refractivity (Wildman–Crippen MR) is 113 cm³/mol. The molecular weight excluding hydrogens is 380 g/mol. The molecule has 2 bridgehead atoms. The molecule has 2 atom stereocenters. The van der Waals surface area contributed by atoms with Crippen LogP contribution in [0.15, 0.2) is 42.5 Å². The van der Waals surface area contributed by atoms with Gasteiger partial charge in [0.1, 0.15) is 19.0 Å². The van der Waals surface area contributed by atoms with Crippen LogP contribution < -0.4 is 19.5 Å². The highest BCUT2D eigenvalue weighted by Crippen LogP contribution is 2.33. The summed E-state index contributed by atoms with van der Waals surface area (Å²) in [6, 6.07) is 13.6. The monoisotopic (exact) mass is 408 g/mol. The third kappa shape index (κ3) is 4.10. The Morgan fingerprint density at radius 2 is 1.93 bits per heavy atom. The molecule has 1 amide bonds. The van der Waals surface area contributed by atoms with E-state index in [1.807, 2.05) is 43.3 Å². The van der Waals surface area contributed by atoms with Crippen molar-refractivity contribution in [3.05, 3.63) is 53.6 Å². The minimum absolute atomic E-state index is 0.0371. The Morgan fingerprint density at radius 3 is 2.67 bits per heavy atom. The van der Waals surface area contributed by atoms with Crippen molar-refractivity contribution in [3.8, 4) is 17.2 Å². The Hall–Kier alpha value is -2.73. The SMILES string of the molecule is Cc1ccc(OC[C@@H]2COc3cc(C(=O)N[C@H]4CN5CCC4CC5)ccc3O2)cc1. The summed E-state index contributed by atoms with van der Waals surface area (Å²) in [6.45, 7) is 6.13. The minimum Gasteiger partial charge on any atom is -0.490 e. The number of nitrogens with zero attached hydrogens (tertiary/aromatic N) is 1. The molecule has 0 saturated carbocycles. The zero-order chi connectivity index (χ0) is 20.5. The first-order valence-corrected chi connectivity index (χ1v) is 10.8. The maximum Gasteiger partial charge on any atom is 0.251 e. The van der Waals surface area contributed by atoms with Crippen LogP contribution in [0, 0.1) is 12.8 Å². The van der Waals surface area contributed by atoms with E-state index < -0.39 is 0 Å². The molecule has 3 saturated heterocycles. The zero-order valence-electron chi connectivity index (χ0n) is 17.3. The predicted octanol–water partition coefficient (Wildman–Crippen LogP) is 3.04. The average Bonchev–Trinajstić information content (AvgIpc) is 2.79. The summed E-state index contributed by atoms with van der Waals surface area (Å²) < 4.78 is 17.7. The van der Waals surface area contributed by atoms with Crippen molar-refractivity contribution in [2.45, 2.75) is 31.9 Å². The van der Waals surface area contributed by atoms with E-state index in [-0.39, 0.29) is 18.1 Å². The van der Waals surface area contributed by atoms with Gasteiger partial charge in [-0.3, -0.25) is 4.79 Å². The fourth-order valence-electron chi connectivity index (χ4n) is 4.54. The number of fused-ring (bicyclic) bond motifs is 4. The topological polar surface area (TPSA) is 60.0 Å². The van der Waals surface area contributed by atoms with Crippen molar-refractivity contribution < 1.29 is 19.0 Å². The molecule has 0 unspecified atom stereocenters. The van der Waals surface area contributed by atoms with Crippen LogP contribution in [0.3, 0.4) is 0 Å². The molecule has 0 spiro atoms. The maximum absolute atomic E-state index is 12.8. The molecule has 0 radical (unpaired) electrons. The normalized spacial score (nSPS) is 26.8. The standard InChI is InChI=1S/C24H28N2O4/c1-16-2-5-19(6-3-16)28-14-20-15-29-23-12-18(4-7-22(23)30-20)24(27)25-21-13-26-10-8-17(21)9-11-26/h2-7,12,17,20-21H,8-11,13-15H2,1H3,(H,25,27)/t20-,21+/m1/s1. The van der Waals surface area contributed by atoms with Crippen LogP contribution in [0.5, 0.6) is 17.2 Å². The van der Waals surface area contributed by atoms with Crippen LogP contribution in [0.1, 0.15) is 28.8 Å². The van der Waals surface area contributed by atoms with E-state index in [0.29, 0.717) is 36.2 Å². The third-order valence-electron chi connectivity index (χ3n) is 6.35. The number of ether oxygens (including phenoxy) is 3. The molecule has 0 aromatic heterocycles. The second-order valence-electron chi connectivity index (χ2n) is 8.55. The number of piperidine rings is 3. The first kappa shape index (κ1) is 19.2. The Morgan fingerprint density at radius 1 is 1.13 bits per heavy atom. The number of benzene rings is 2. The molecule has 4 aliphatic rings. The Balaban J connectivity index is 1.18. The van der Waals surface area contributed by atoms with Crippen molar-refractivity contribution >= 4 is 5.91 Å². The van der Waals surface area contributed by atoms with Gasteiger partial charge >= 0.3 is 0 Å². The van der Waals surface area contributed by atoms with Gasteiger partial charge in [0.05, 0.1) is 0 Å². The summed E-state index contributed by atoms with van der Waals surface area (Å²) in [6.07, 6.45) is 2.17. The van der Waals surface area contributed by atoms with Crippen molar-refractivity contribution in [1.82, 2.24) is 10.2 Å². The highest BCUT2D eigenvalue weighted by atomic mass is 16.6. The Bertz CT molecular complexity index is 906. The molecule has 158 valence electrons. The molecule has 6 rings (SSSR count). The lowest BCUT2D eigenvalue weighted by Crippen LogP contribution is -2.57. The molecule has 4 heterocycles. The lowest BCUT2D eigenvalue weighted by atomic mass is 9.84. The van der Waals surface area contributed by atoms with Crippen molar-refractivity contribution in [3.63, 3.8) is 0 Å². The molecule has 6 nitrogen and oxygen atoms in total. The van der Waals surface area contributed by atoms with Gasteiger partial charge in [-0.15, -0.1) is 0 Å². The van der Waals surface area contributed by atoms with E-state index in [1.54, 1.807) is 6.07 Å². The number of carbonyl (C=O) groups excluding carboxylic acids is 1. The van der Waals surface area contributed by atoms with E-state index in [2.05, 4.69) is 10.2 Å². The van der Waals surface area contributed by atoms with Crippen LogP contribution in [0.4, 0.5) is 0 Å². The Kier molecular flexibility index (Phi) is 5.25. The van der Waals surface area contributed by atoms with Gasteiger partial charge in [-0.2, -0.15) is 0 Å². The number of carbonyl (C=O) groups is 1. The van der Waals surface area contributed by atoms with E-state index in [1.165, 1.54) is 18.4 Å². The summed E-state index contributed by atoms with van der Waals surface area (Å²) in [5, 5.41) is 3.23. The number of rotatable bonds is 5. The van der Waals surface area contributed by atoms with Gasteiger partial charge in [-0.1, -0.05) is 17.7 Å². The van der Waals surface area contributed by atoms with Gasteiger partial charge in [0.25, 0.3) is 5.91 Å². The fourth-order valence-corrected chi connectivity index (χ4v) is 4.54. The van der Waals surface area contributed by atoms with Gasteiger partial charge in [-0.25, -0.2) is 0 Å². The Labute approximate surface area is 177 Å². The van der Waals surface area contributed by atoms with Gasteiger partial charge < -0.3 is 24.4 Å². The molecule has 6 heteroatoms. The van der Waals surface area contributed by atoms with Crippen molar-refractivity contribution in [2.24, 2.45) is 5.92 Å². The van der Waals surface area contributed by atoms with E-state index in [9.17, 15) is 4.79 Å². The van der Waals surface area contributed by atoms with Gasteiger partial charge in [0.2, 0.25) is 0 Å². The second kappa shape index (κ2) is 8.19. The number of aryl methyl sites for hydroxylation is 1. The van der Waals surface area contributed by atoms with Crippen LogP contribution in [-0.4, -0.2) is 55.8 Å². The first-order valence-electron chi connectivity index (χ1n) is 10.8. The van der Waals surface area contributed by atoms with E-state index in [4.69, 9.17) is 14.2 Å². The molecule has 3 fully saturated rings. The molecule has 2 aromatic rings. The van der Waals surface area contributed by atoms with Crippen molar-refractivity contribution in [2.75, 3.05) is 32.8 Å². The molecule has 30 heavy (non-hydrogen) atoms. The summed E-state index contributed by atoms with van der Waals surface area (Å²) in [5.74, 6) is 2.64. The fraction of sp³-hybridized carbons (Fsp3) is 0.458. The van der Waals surface area contributed by atoms with Gasteiger partial charge in [0, 0.05) is 18.2 Å². The highest BCUT2D eigenvalue weighted by molar-refractivity contribution is 5.95. The van der Waals surface area contributed by atoms with Crippen LogP contribution in [-0.2, 0) is 0 Å². The second-order valence-corrected chi connectivity index (χ2v) is 8.55. The zero-order valence-corrected chi connectivity index (χ0v) is 17.3. The lowest BCUT2D eigenvalue weighted by molar-refractivity contribution is 0.0531. The molecule has 4 aliphatic heterocycles. The van der Waals surface area contributed by atoms with Crippen LogP contribution >= 0.6 is 0 Å². The third-order valence-corrected chi connectivity index (χ3v) is 6.35. The quantitative estimate of drug-likeness (QED) is 0.824. The summed E-state index contributed by atoms with van der Waals surface area (Å²) in [7, 11) is 0. The van der Waals surface area contributed by atoms with Crippen LogP contribution in [0.2, 0.25) is 0 Å². The summed E-state index contributed by atoms with van der Waals surface area (Å²) in [5.41, 5.74) is 1.81. The number of nitrogens with one attached hydrogen (secondary N) is 1. The molecular formula is C24H28N2O4. The summed E-state index contributed by atoms with van der Waals surface area (Å²) in [4.78, 5) is 15.2. The largest absolute Gasteiger partial charge is 0.490 e. The minimum atomic E-state index is -0.190. The lowest BCUT2D eigenvalue weighted by Gasteiger charge is -2.44. The summed E-state index contributed by atoms with van der Waals surface area (Å²) >= 11 is 0. The maximum atomic E-state index is 12.8. The van der Waals surface area contributed by atoms with E-state index >= 15 is 0 Å².